The number of nitrogens with two attached hydrogens (primary N) is 2. The summed E-state index contributed by atoms with van der Waals surface area (Å²) in [6.45, 7) is 10.9. The second-order valence-corrected chi connectivity index (χ2v) is 14.6. The SMILES string of the molecule is CC(C)C[C@@H](NC(=O)[C@@H](Cc1ccccc1)NC(=O)[C@H](N)Cc1ccccc1)C(=O)N[C@H](CCCNC(C)C)C(=O)N1CCCN(C(N)=NI)CC1. The molecule has 1 aliphatic rings. The molecule has 52 heavy (non-hydrogen) atoms. The highest BCUT2D eigenvalue weighted by Crippen LogP contribution is 2.13. The van der Waals surface area contributed by atoms with Crippen LogP contribution in [0.2, 0.25) is 0 Å². The molecule has 2 aromatic carbocycles. The van der Waals surface area contributed by atoms with Crippen LogP contribution < -0.4 is 32.7 Å². The summed E-state index contributed by atoms with van der Waals surface area (Å²) in [4.78, 5) is 59.1. The van der Waals surface area contributed by atoms with Crippen LogP contribution in [-0.4, -0.2) is 102 Å². The number of amides is 4. The molecule has 1 saturated heterocycles. The summed E-state index contributed by atoms with van der Waals surface area (Å²) >= 11 is 1.87. The topological polar surface area (TPSA) is 187 Å². The summed E-state index contributed by atoms with van der Waals surface area (Å²) < 4.78 is 4.06. The van der Waals surface area contributed by atoms with E-state index in [-0.39, 0.29) is 24.3 Å². The number of hydrogen-bond acceptors (Lipinski definition) is 7. The first-order valence-electron chi connectivity index (χ1n) is 18.3. The van der Waals surface area contributed by atoms with Gasteiger partial charge in [-0.25, -0.2) is 0 Å². The van der Waals surface area contributed by atoms with Gasteiger partial charge in [-0.3, -0.25) is 19.2 Å². The third-order valence-corrected chi connectivity index (χ3v) is 9.44. The predicted molar refractivity (Wildman–Crippen MR) is 214 cm³/mol. The summed E-state index contributed by atoms with van der Waals surface area (Å²) in [5.74, 6) is -1.11. The Labute approximate surface area is 323 Å². The zero-order valence-corrected chi connectivity index (χ0v) is 33.2. The van der Waals surface area contributed by atoms with Crippen LogP contribution in [0.5, 0.6) is 0 Å². The predicted octanol–water partition coefficient (Wildman–Crippen LogP) is 2.28. The minimum absolute atomic E-state index is 0.0449. The van der Waals surface area contributed by atoms with Crippen LogP contribution >= 0.6 is 22.9 Å². The molecule has 3 rings (SSSR count). The summed E-state index contributed by atoms with van der Waals surface area (Å²) in [5, 5.41) is 12.2. The number of carbonyl (C=O) groups excluding carboxylic acids is 4. The number of guanidine groups is 1. The van der Waals surface area contributed by atoms with Gasteiger partial charge in [0.2, 0.25) is 29.6 Å². The fourth-order valence-corrected chi connectivity index (χ4v) is 6.45. The molecule has 0 aromatic heterocycles. The van der Waals surface area contributed by atoms with Gasteiger partial charge in [-0.2, -0.15) is 3.21 Å². The maximum absolute atomic E-state index is 14.1. The van der Waals surface area contributed by atoms with Gasteiger partial charge in [0.1, 0.15) is 18.1 Å². The highest BCUT2D eigenvalue weighted by atomic mass is 127. The highest BCUT2D eigenvalue weighted by Gasteiger charge is 2.33. The number of nitrogens with one attached hydrogen (secondary N) is 4. The summed E-state index contributed by atoms with van der Waals surface area (Å²) in [6.07, 6.45) is 2.65. The molecule has 0 radical (unpaired) electrons. The quantitative estimate of drug-likeness (QED) is 0.0572. The first-order valence-corrected chi connectivity index (χ1v) is 19.3. The number of benzene rings is 2. The summed E-state index contributed by atoms with van der Waals surface area (Å²) in [6, 6.07) is 15.5. The molecule has 0 saturated carbocycles. The average molecular weight is 832 g/mol. The van der Waals surface area contributed by atoms with Gasteiger partial charge in [-0.05, 0) is 55.7 Å². The van der Waals surface area contributed by atoms with Gasteiger partial charge in [0.25, 0.3) is 0 Å². The lowest BCUT2D eigenvalue weighted by atomic mass is 9.99. The third-order valence-electron chi connectivity index (χ3n) is 8.95. The minimum Gasteiger partial charge on any atom is -0.369 e. The van der Waals surface area contributed by atoms with Crippen molar-refractivity contribution in [2.24, 2.45) is 20.6 Å². The molecule has 1 fully saturated rings. The lowest BCUT2D eigenvalue weighted by molar-refractivity contribution is -0.138. The van der Waals surface area contributed by atoms with Crippen molar-refractivity contribution in [2.45, 2.75) is 96.4 Å². The van der Waals surface area contributed by atoms with Crippen molar-refractivity contribution in [3.63, 3.8) is 0 Å². The lowest BCUT2D eigenvalue weighted by Crippen LogP contribution is -2.59. The van der Waals surface area contributed by atoms with Gasteiger partial charge >= 0.3 is 0 Å². The van der Waals surface area contributed by atoms with Crippen molar-refractivity contribution in [1.29, 1.82) is 0 Å². The lowest BCUT2D eigenvalue weighted by Gasteiger charge is -2.30. The second kappa shape index (κ2) is 22.3. The smallest absolute Gasteiger partial charge is 0.245 e. The van der Waals surface area contributed by atoms with Crippen LogP contribution in [0.25, 0.3) is 0 Å². The van der Waals surface area contributed by atoms with Gasteiger partial charge in [-0.15, -0.1) is 0 Å². The molecule has 14 heteroatoms. The molecular formula is C38H58IN9O4. The fraction of sp³-hybridized carbons (Fsp3) is 0.553. The highest BCUT2D eigenvalue weighted by molar-refractivity contribution is 14.1. The van der Waals surface area contributed by atoms with E-state index in [1.54, 1.807) is 4.90 Å². The van der Waals surface area contributed by atoms with Crippen LogP contribution in [0.4, 0.5) is 0 Å². The molecule has 0 aliphatic carbocycles. The molecule has 8 N–H and O–H groups in total. The molecule has 2 aromatic rings. The molecule has 0 spiro atoms. The van der Waals surface area contributed by atoms with Crippen molar-refractivity contribution in [2.75, 3.05) is 32.7 Å². The first kappa shape index (κ1) is 42.7. The molecular weight excluding hydrogens is 773 g/mol. The maximum atomic E-state index is 14.1. The number of carbonyl (C=O) groups is 4. The van der Waals surface area contributed by atoms with Gasteiger partial charge in [0.15, 0.2) is 0 Å². The Morgan fingerprint density at radius 2 is 1.29 bits per heavy atom. The summed E-state index contributed by atoms with van der Waals surface area (Å²) in [7, 11) is 0. The van der Waals surface area contributed by atoms with Crippen molar-refractivity contribution < 1.29 is 19.2 Å². The Kier molecular flexibility index (Phi) is 18.3. The number of nitrogens with zero attached hydrogens (tertiary/aromatic N) is 3. The van der Waals surface area contributed by atoms with E-state index in [1.807, 2.05) is 102 Å². The largest absolute Gasteiger partial charge is 0.369 e. The van der Waals surface area contributed by atoms with Crippen molar-refractivity contribution in [3.8, 4) is 0 Å². The van der Waals surface area contributed by atoms with Crippen LogP contribution in [0, 0.1) is 5.92 Å². The molecule has 1 aliphatic heterocycles. The molecule has 0 bridgehead atoms. The average Bonchev–Trinajstić information content (AvgIpc) is 3.38. The Morgan fingerprint density at radius 1 is 0.750 bits per heavy atom. The Morgan fingerprint density at radius 3 is 1.88 bits per heavy atom. The first-order chi connectivity index (χ1) is 24.9. The van der Waals surface area contributed by atoms with E-state index in [1.165, 1.54) is 0 Å². The maximum Gasteiger partial charge on any atom is 0.245 e. The second-order valence-electron chi connectivity index (χ2n) is 14.2. The zero-order valence-electron chi connectivity index (χ0n) is 31.0. The van der Waals surface area contributed by atoms with Crippen molar-refractivity contribution in [1.82, 2.24) is 31.1 Å². The molecule has 4 amide bonds. The number of hydrogen-bond donors (Lipinski definition) is 6. The molecule has 4 atom stereocenters. The zero-order chi connectivity index (χ0) is 38.0. The van der Waals surface area contributed by atoms with E-state index in [4.69, 9.17) is 11.5 Å². The molecule has 1 heterocycles. The van der Waals surface area contributed by atoms with Gasteiger partial charge in [-0.1, -0.05) is 88.4 Å². The molecule has 0 unspecified atom stereocenters. The summed E-state index contributed by atoms with van der Waals surface area (Å²) in [5.41, 5.74) is 14.1. The van der Waals surface area contributed by atoms with E-state index in [0.717, 1.165) is 11.1 Å². The minimum atomic E-state index is -0.989. The van der Waals surface area contributed by atoms with E-state index in [9.17, 15) is 19.2 Å². The van der Waals surface area contributed by atoms with Crippen molar-refractivity contribution in [3.05, 3.63) is 71.8 Å². The Bertz CT molecular complexity index is 1440. The standard InChI is InChI=1S/C38H58IN9O4/c1-26(2)23-32(35(50)43-31(17-11-18-42-27(3)4)37(52)47-19-12-20-48(22-21-47)38(41)46-39)45-36(51)33(25-29-15-9-6-10-16-29)44-34(49)30(40)24-28-13-7-5-8-14-28/h5-10,13-16,26-27,30-33,42H,11-12,17-25,40H2,1-4H3,(H2,41,46)(H,43,50)(H,44,49)(H,45,51)/t30-,31-,32-,33-/m1/s1. The molecule has 13 nitrogen and oxygen atoms in total. The van der Waals surface area contributed by atoms with Gasteiger partial charge < -0.3 is 42.5 Å². The van der Waals surface area contributed by atoms with Crippen LogP contribution in [0.3, 0.4) is 0 Å². The Hall–Kier alpha value is -3.76. The van der Waals surface area contributed by atoms with Crippen LogP contribution in [0.15, 0.2) is 63.9 Å². The Balaban J connectivity index is 1.79. The normalized spacial score (nSPS) is 16.1. The van der Waals surface area contributed by atoms with E-state index < -0.39 is 41.9 Å². The van der Waals surface area contributed by atoms with Crippen molar-refractivity contribution >= 4 is 52.5 Å². The van der Waals surface area contributed by atoms with E-state index in [0.29, 0.717) is 70.8 Å². The van der Waals surface area contributed by atoms with Gasteiger partial charge in [0.05, 0.1) is 28.9 Å². The van der Waals surface area contributed by atoms with Crippen LogP contribution in [-0.2, 0) is 32.0 Å². The fourth-order valence-electron chi connectivity index (χ4n) is 6.14. The van der Waals surface area contributed by atoms with Gasteiger partial charge in [0, 0.05) is 38.6 Å². The molecule has 286 valence electrons. The van der Waals surface area contributed by atoms with Crippen LogP contribution in [0.1, 0.15) is 64.5 Å². The number of halogens is 1. The van der Waals surface area contributed by atoms with E-state index >= 15 is 0 Å². The monoisotopic (exact) mass is 831 g/mol. The third kappa shape index (κ3) is 14.7. The number of rotatable bonds is 18. The van der Waals surface area contributed by atoms with E-state index in [2.05, 4.69) is 38.3 Å².